The Morgan fingerprint density at radius 2 is 1.96 bits per heavy atom. The van der Waals surface area contributed by atoms with E-state index in [1.54, 1.807) is 61.5 Å². The zero-order valence-corrected chi connectivity index (χ0v) is 13.3. The number of methoxy groups -OCH3 is 1. The topological polar surface area (TPSA) is 56.1 Å². The van der Waals surface area contributed by atoms with Gasteiger partial charge in [-0.1, -0.05) is 6.07 Å². The first-order valence-electron chi connectivity index (χ1n) is 7.31. The molecule has 5 nitrogen and oxygen atoms in total. The highest BCUT2D eigenvalue weighted by molar-refractivity contribution is 6.05. The van der Waals surface area contributed by atoms with E-state index in [-0.39, 0.29) is 11.7 Å². The van der Waals surface area contributed by atoms with E-state index in [1.165, 1.54) is 12.1 Å². The van der Waals surface area contributed by atoms with Gasteiger partial charge in [0.05, 0.1) is 13.4 Å². The average molecular weight is 325 g/mol. The van der Waals surface area contributed by atoms with Crippen LogP contribution in [0.3, 0.4) is 0 Å². The van der Waals surface area contributed by atoms with Crippen molar-refractivity contribution in [3.8, 4) is 17.0 Å². The molecule has 0 bridgehead atoms. The Labute approximate surface area is 138 Å². The minimum atomic E-state index is -0.323. The lowest BCUT2D eigenvalue weighted by Crippen LogP contribution is -2.14. The third-order valence-corrected chi connectivity index (χ3v) is 3.62. The molecule has 0 saturated heterocycles. The molecule has 1 amide bonds. The van der Waals surface area contributed by atoms with Crippen molar-refractivity contribution in [1.82, 2.24) is 9.55 Å². The van der Waals surface area contributed by atoms with Gasteiger partial charge in [-0.15, -0.1) is 0 Å². The van der Waals surface area contributed by atoms with E-state index in [1.807, 2.05) is 0 Å². The number of benzene rings is 2. The molecule has 0 fully saturated rings. The maximum atomic E-state index is 13.1. The van der Waals surface area contributed by atoms with E-state index in [0.717, 1.165) is 5.56 Å². The predicted octanol–water partition coefficient (Wildman–Crippen LogP) is 3.49. The molecule has 0 radical (unpaired) electrons. The van der Waals surface area contributed by atoms with Gasteiger partial charge in [0.2, 0.25) is 0 Å². The summed E-state index contributed by atoms with van der Waals surface area (Å²) in [5.41, 5.74) is 1.77. The second-order valence-electron chi connectivity index (χ2n) is 5.25. The molecular weight excluding hydrogens is 309 g/mol. The van der Waals surface area contributed by atoms with Gasteiger partial charge in [0.15, 0.2) is 0 Å². The Kier molecular flexibility index (Phi) is 4.29. The van der Waals surface area contributed by atoms with Crippen molar-refractivity contribution in [3.63, 3.8) is 0 Å². The SMILES string of the molecule is COc1cccc(C(=O)Nc2c(-c3ccc(F)cc3)ncn2C)c1. The van der Waals surface area contributed by atoms with Crippen molar-refractivity contribution in [3.05, 3.63) is 66.2 Å². The number of imidazole rings is 1. The van der Waals surface area contributed by atoms with Crippen LogP contribution >= 0.6 is 0 Å². The molecule has 24 heavy (non-hydrogen) atoms. The monoisotopic (exact) mass is 325 g/mol. The summed E-state index contributed by atoms with van der Waals surface area (Å²) in [7, 11) is 3.33. The number of aryl methyl sites for hydroxylation is 1. The Hall–Kier alpha value is -3.15. The summed E-state index contributed by atoms with van der Waals surface area (Å²) in [6.45, 7) is 0. The molecule has 0 atom stereocenters. The summed E-state index contributed by atoms with van der Waals surface area (Å²) in [6.07, 6.45) is 1.60. The zero-order valence-electron chi connectivity index (χ0n) is 13.3. The van der Waals surface area contributed by atoms with Gasteiger partial charge in [-0.05, 0) is 42.5 Å². The van der Waals surface area contributed by atoms with Crippen molar-refractivity contribution in [2.75, 3.05) is 12.4 Å². The first-order chi connectivity index (χ1) is 11.6. The van der Waals surface area contributed by atoms with E-state index in [0.29, 0.717) is 22.8 Å². The van der Waals surface area contributed by atoms with Gasteiger partial charge in [0.1, 0.15) is 23.1 Å². The zero-order chi connectivity index (χ0) is 17.1. The number of hydrogen-bond acceptors (Lipinski definition) is 3. The highest BCUT2D eigenvalue weighted by Gasteiger charge is 2.15. The van der Waals surface area contributed by atoms with Crippen LogP contribution in [0.4, 0.5) is 10.2 Å². The Balaban J connectivity index is 1.91. The fourth-order valence-corrected chi connectivity index (χ4v) is 2.34. The van der Waals surface area contributed by atoms with Crippen LogP contribution in [-0.4, -0.2) is 22.6 Å². The summed E-state index contributed by atoms with van der Waals surface area (Å²) in [4.78, 5) is 16.8. The lowest BCUT2D eigenvalue weighted by molar-refractivity contribution is 0.102. The molecule has 0 aliphatic heterocycles. The predicted molar refractivity (Wildman–Crippen MR) is 89.5 cm³/mol. The number of carbonyl (C=O) groups is 1. The molecule has 0 aliphatic carbocycles. The number of aromatic nitrogens is 2. The standard InChI is InChI=1S/C18H16FN3O2/c1-22-11-20-16(12-6-8-14(19)9-7-12)17(22)21-18(23)13-4-3-5-15(10-13)24-2/h3-11H,1-2H3,(H,21,23). The smallest absolute Gasteiger partial charge is 0.256 e. The molecule has 0 saturated carbocycles. The van der Waals surface area contributed by atoms with Crippen LogP contribution in [0.1, 0.15) is 10.4 Å². The minimum absolute atomic E-state index is 0.277. The third-order valence-electron chi connectivity index (χ3n) is 3.62. The van der Waals surface area contributed by atoms with E-state index < -0.39 is 0 Å². The fourth-order valence-electron chi connectivity index (χ4n) is 2.34. The molecule has 3 rings (SSSR count). The molecule has 6 heteroatoms. The van der Waals surface area contributed by atoms with E-state index >= 15 is 0 Å². The van der Waals surface area contributed by atoms with Crippen LogP contribution in [0.5, 0.6) is 5.75 Å². The number of ether oxygens (including phenoxy) is 1. The third kappa shape index (κ3) is 3.12. The van der Waals surface area contributed by atoms with Crippen molar-refractivity contribution in [2.24, 2.45) is 7.05 Å². The van der Waals surface area contributed by atoms with Crippen molar-refractivity contribution in [1.29, 1.82) is 0 Å². The summed E-state index contributed by atoms with van der Waals surface area (Å²) < 4.78 is 19.9. The molecule has 0 spiro atoms. The Morgan fingerprint density at radius 1 is 1.21 bits per heavy atom. The van der Waals surface area contributed by atoms with Crippen LogP contribution in [0.2, 0.25) is 0 Å². The summed E-state index contributed by atoms with van der Waals surface area (Å²) in [6, 6.07) is 12.8. The van der Waals surface area contributed by atoms with Crippen LogP contribution < -0.4 is 10.1 Å². The number of rotatable bonds is 4. The average Bonchev–Trinajstić information content (AvgIpc) is 2.96. The van der Waals surface area contributed by atoms with Crippen LogP contribution in [0.15, 0.2) is 54.9 Å². The van der Waals surface area contributed by atoms with E-state index in [4.69, 9.17) is 4.74 Å². The molecule has 3 aromatic rings. The fraction of sp³-hybridized carbons (Fsp3) is 0.111. The maximum Gasteiger partial charge on any atom is 0.256 e. The number of nitrogens with one attached hydrogen (secondary N) is 1. The number of amides is 1. The largest absolute Gasteiger partial charge is 0.497 e. The van der Waals surface area contributed by atoms with Crippen molar-refractivity contribution >= 4 is 11.7 Å². The molecule has 0 unspecified atom stereocenters. The summed E-state index contributed by atoms with van der Waals surface area (Å²) >= 11 is 0. The molecule has 122 valence electrons. The molecule has 1 aromatic heterocycles. The first kappa shape index (κ1) is 15.7. The lowest BCUT2D eigenvalue weighted by atomic mass is 10.1. The van der Waals surface area contributed by atoms with Gasteiger partial charge in [-0.3, -0.25) is 4.79 Å². The molecule has 1 heterocycles. The normalized spacial score (nSPS) is 10.5. The molecule has 1 N–H and O–H groups in total. The van der Waals surface area contributed by atoms with Crippen LogP contribution in [-0.2, 0) is 7.05 Å². The van der Waals surface area contributed by atoms with Gasteiger partial charge < -0.3 is 14.6 Å². The number of hydrogen-bond donors (Lipinski definition) is 1. The highest BCUT2D eigenvalue weighted by atomic mass is 19.1. The Bertz CT molecular complexity index is 872. The summed E-state index contributed by atoms with van der Waals surface area (Å²) in [5.74, 6) is 0.540. The van der Waals surface area contributed by atoms with Gasteiger partial charge >= 0.3 is 0 Å². The second kappa shape index (κ2) is 6.54. The van der Waals surface area contributed by atoms with E-state index in [9.17, 15) is 9.18 Å². The molecular formula is C18H16FN3O2. The number of anilines is 1. The molecule has 0 aliphatic rings. The van der Waals surface area contributed by atoms with Crippen LogP contribution in [0.25, 0.3) is 11.3 Å². The quantitative estimate of drug-likeness (QED) is 0.799. The number of carbonyl (C=O) groups excluding carboxylic acids is 1. The summed E-state index contributed by atoms with van der Waals surface area (Å²) in [5, 5.41) is 2.85. The van der Waals surface area contributed by atoms with Crippen LogP contribution in [0, 0.1) is 5.82 Å². The Morgan fingerprint density at radius 3 is 2.67 bits per heavy atom. The van der Waals surface area contributed by atoms with Gasteiger partial charge in [-0.2, -0.15) is 0 Å². The maximum absolute atomic E-state index is 13.1. The molecule has 2 aromatic carbocycles. The van der Waals surface area contributed by atoms with Gasteiger partial charge in [-0.25, -0.2) is 9.37 Å². The van der Waals surface area contributed by atoms with E-state index in [2.05, 4.69) is 10.3 Å². The van der Waals surface area contributed by atoms with Gasteiger partial charge in [0.25, 0.3) is 5.91 Å². The number of halogens is 1. The van der Waals surface area contributed by atoms with Gasteiger partial charge in [0, 0.05) is 18.2 Å². The first-order valence-corrected chi connectivity index (χ1v) is 7.31. The van der Waals surface area contributed by atoms with Crippen molar-refractivity contribution < 1.29 is 13.9 Å². The number of nitrogens with zero attached hydrogens (tertiary/aromatic N) is 2. The second-order valence-corrected chi connectivity index (χ2v) is 5.25. The highest BCUT2D eigenvalue weighted by Crippen LogP contribution is 2.27. The van der Waals surface area contributed by atoms with Crippen molar-refractivity contribution in [2.45, 2.75) is 0 Å². The lowest BCUT2D eigenvalue weighted by Gasteiger charge is -2.09. The minimum Gasteiger partial charge on any atom is -0.497 e.